The topological polar surface area (TPSA) is 18.5 Å². The molecule has 0 aliphatic carbocycles. The lowest BCUT2D eigenvalue weighted by Gasteiger charge is -2.20. The maximum Gasteiger partial charge on any atom is 0.639 e. The Hall–Kier alpha value is -3.97. The molecule has 0 fully saturated rings. The average Bonchev–Trinajstić information content (AvgIpc) is 2.85. The SMILES string of the molecule is Fc1ccc(OB(Oc2ccc(F)c3c(F)c(F)ccc23)c2c(F)c(F)c(F)c(F)c2F)c(F)c1F. The van der Waals surface area contributed by atoms with Gasteiger partial charge in [0.1, 0.15) is 17.3 Å². The first-order valence-corrected chi connectivity index (χ1v) is 9.48. The van der Waals surface area contributed by atoms with Gasteiger partial charge in [-0.15, -0.1) is 0 Å². The van der Waals surface area contributed by atoms with Crippen molar-refractivity contribution in [2.45, 2.75) is 0 Å². The highest BCUT2D eigenvalue weighted by Gasteiger charge is 2.40. The van der Waals surface area contributed by atoms with Crippen molar-refractivity contribution in [1.29, 1.82) is 0 Å². The first kappa shape index (κ1) is 25.1. The Balaban J connectivity index is 1.94. The van der Waals surface area contributed by atoms with Crippen LogP contribution in [0.5, 0.6) is 11.5 Å². The van der Waals surface area contributed by atoms with Crippen molar-refractivity contribution in [3.05, 3.63) is 100 Å². The summed E-state index contributed by atoms with van der Waals surface area (Å²) in [6, 6.07) is 3.18. The van der Waals surface area contributed by atoms with Crippen molar-refractivity contribution in [3.8, 4) is 11.5 Å². The predicted molar refractivity (Wildman–Crippen MR) is 103 cm³/mol. The molecular formula is C22H6BF11O2. The molecule has 14 heteroatoms. The van der Waals surface area contributed by atoms with E-state index in [1.807, 2.05) is 0 Å². The second-order valence-corrected chi connectivity index (χ2v) is 7.05. The van der Waals surface area contributed by atoms with Crippen LogP contribution >= 0.6 is 0 Å². The van der Waals surface area contributed by atoms with E-state index in [0.717, 1.165) is 6.07 Å². The van der Waals surface area contributed by atoms with E-state index in [1.165, 1.54) is 0 Å². The lowest BCUT2D eigenvalue weighted by Crippen LogP contribution is -2.48. The molecule has 0 spiro atoms. The first-order valence-electron chi connectivity index (χ1n) is 9.48. The third-order valence-electron chi connectivity index (χ3n) is 4.93. The number of halogens is 11. The average molecular weight is 522 g/mol. The van der Waals surface area contributed by atoms with E-state index in [1.54, 1.807) is 0 Å². The van der Waals surface area contributed by atoms with Crippen LogP contribution in [0.25, 0.3) is 10.8 Å². The molecule has 0 unspecified atom stereocenters. The molecule has 0 aliphatic rings. The molecule has 4 aromatic rings. The summed E-state index contributed by atoms with van der Waals surface area (Å²) in [6.45, 7) is 0. The van der Waals surface area contributed by atoms with E-state index < -0.39 is 98.8 Å². The Morgan fingerprint density at radius 2 is 0.889 bits per heavy atom. The Labute approximate surface area is 193 Å². The van der Waals surface area contributed by atoms with Crippen LogP contribution < -0.4 is 14.8 Å². The number of rotatable bonds is 5. The summed E-state index contributed by atoms with van der Waals surface area (Å²) in [5.41, 5.74) is -1.85. The molecule has 0 saturated heterocycles. The van der Waals surface area contributed by atoms with Gasteiger partial charge in [-0.2, -0.15) is 4.39 Å². The smallest absolute Gasteiger partial charge is 0.521 e. The Morgan fingerprint density at radius 1 is 0.417 bits per heavy atom. The molecule has 0 bridgehead atoms. The van der Waals surface area contributed by atoms with Gasteiger partial charge < -0.3 is 9.31 Å². The predicted octanol–water partition coefficient (Wildman–Crippen LogP) is 6.22. The number of fused-ring (bicyclic) bond motifs is 1. The minimum atomic E-state index is -2.84. The highest BCUT2D eigenvalue weighted by Crippen LogP contribution is 2.32. The van der Waals surface area contributed by atoms with Gasteiger partial charge in [0.05, 0.1) is 10.8 Å². The lowest BCUT2D eigenvalue weighted by molar-refractivity contribution is 0.369. The van der Waals surface area contributed by atoms with Crippen LogP contribution in [-0.4, -0.2) is 7.12 Å². The number of hydrogen-bond acceptors (Lipinski definition) is 2. The van der Waals surface area contributed by atoms with Gasteiger partial charge in [0.2, 0.25) is 5.82 Å². The summed E-state index contributed by atoms with van der Waals surface area (Å²) in [4.78, 5) is 0. The van der Waals surface area contributed by atoms with Gasteiger partial charge in [-0.3, -0.25) is 0 Å². The minimum absolute atomic E-state index is 0.314. The van der Waals surface area contributed by atoms with Crippen molar-refractivity contribution < 1.29 is 57.6 Å². The van der Waals surface area contributed by atoms with E-state index in [9.17, 15) is 48.3 Å². The van der Waals surface area contributed by atoms with Crippen LogP contribution in [0, 0.1) is 64.0 Å². The molecular weight excluding hydrogens is 516 g/mol. The maximum absolute atomic E-state index is 14.5. The Bertz CT molecular complexity index is 1500. The van der Waals surface area contributed by atoms with Gasteiger partial charge in [-0.1, -0.05) is 0 Å². The highest BCUT2D eigenvalue weighted by molar-refractivity contribution is 6.63. The van der Waals surface area contributed by atoms with Crippen molar-refractivity contribution in [2.24, 2.45) is 0 Å². The summed E-state index contributed by atoms with van der Waals surface area (Å²) in [7, 11) is -2.84. The molecule has 4 rings (SSSR count). The molecule has 36 heavy (non-hydrogen) atoms. The molecule has 0 atom stereocenters. The van der Waals surface area contributed by atoms with Crippen molar-refractivity contribution >= 4 is 23.4 Å². The van der Waals surface area contributed by atoms with Crippen LogP contribution in [-0.2, 0) is 0 Å². The van der Waals surface area contributed by atoms with Crippen LogP contribution in [0.1, 0.15) is 0 Å². The van der Waals surface area contributed by atoms with Gasteiger partial charge in [-0.25, -0.2) is 43.9 Å². The second kappa shape index (κ2) is 9.24. The lowest BCUT2D eigenvalue weighted by atomic mass is 9.77. The normalized spacial score (nSPS) is 11.2. The summed E-state index contributed by atoms with van der Waals surface area (Å²) in [6.07, 6.45) is 0. The van der Waals surface area contributed by atoms with Gasteiger partial charge >= 0.3 is 7.12 Å². The van der Waals surface area contributed by atoms with Gasteiger partial charge in [0, 0.05) is 5.39 Å². The second-order valence-electron chi connectivity index (χ2n) is 7.05. The quantitative estimate of drug-likeness (QED) is 0.134. The van der Waals surface area contributed by atoms with E-state index in [2.05, 4.69) is 0 Å². The first-order chi connectivity index (χ1) is 16.9. The summed E-state index contributed by atoms with van der Waals surface area (Å²) in [5.74, 6) is -25.0. The summed E-state index contributed by atoms with van der Waals surface area (Å²) >= 11 is 0. The monoisotopic (exact) mass is 522 g/mol. The summed E-state index contributed by atoms with van der Waals surface area (Å²) < 4.78 is 163. The van der Waals surface area contributed by atoms with Crippen molar-refractivity contribution in [1.82, 2.24) is 0 Å². The molecule has 0 amide bonds. The molecule has 0 heterocycles. The molecule has 0 N–H and O–H groups in total. The van der Waals surface area contributed by atoms with Gasteiger partial charge in [0.15, 0.2) is 52.4 Å². The van der Waals surface area contributed by atoms with E-state index >= 15 is 0 Å². The molecule has 4 aromatic carbocycles. The molecule has 2 nitrogen and oxygen atoms in total. The molecule has 186 valence electrons. The molecule has 0 aliphatic heterocycles. The minimum Gasteiger partial charge on any atom is -0.521 e. The fourth-order valence-corrected chi connectivity index (χ4v) is 3.21. The molecule has 0 radical (unpaired) electrons. The largest absolute Gasteiger partial charge is 0.639 e. The fourth-order valence-electron chi connectivity index (χ4n) is 3.21. The molecule has 0 saturated carbocycles. The van der Waals surface area contributed by atoms with E-state index in [-0.39, 0.29) is 0 Å². The summed E-state index contributed by atoms with van der Waals surface area (Å²) in [5, 5.41) is -1.63. The van der Waals surface area contributed by atoms with Gasteiger partial charge in [-0.05, 0) is 36.4 Å². The zero-order chi connectivity index (χ0) is 26.5. The Kier molecular flexibility index (Phi) is 6.45. The van der Waals surface area contributed by atoms with Crippen molar-refractivity contribution in [2.75, 3.05) is 0 Å². The number of hydrogen-bond donors (Lipinski definition) is 0. The number of benzene rings is 4. The van der Waals surface area contributed by atoms with Crippen LogP contribution in [0.2, 0.25) is 0 Å². The highest BCUT2D eigenvalue weighted by atomic mass is 19.2. The Morgan fingerprint density at radius 3 is 1.53 bits per heavy atom. The zero-order valence-corrected chi connectivity index (χ0v) is 17.0. The zero-order valence-electron chi connectivity index (χ0n) is 17.0. The fraction of sp³-hybridized carbons (Fsp3) is 0. The molecule has 0 aromatic heterocycles. The van der Waals surface area contributed by atoms with Crippen LogP contribution in [0.3, 0.4) is 0 Å². The van der Waals surface area contributed by atoms with Crippen molar-refractivity contribution in [3.63, 3.8) is 0 Å². The van der Waals surface area contributed by atoms with Crippen LogP contribution in [0.4, 0.5) is 48.3 Å². The van der Waals surface area contributed by atoms with Crippen LogP contribution in [0.15, 0.2) is 36.4 Å². The van der Waals surface area contributed by atoms with E-state index in [0.29, 0.717) is 30.3 Å². The third kappa shape index (κ3) is 4.05. The van der Waals surface area contributed by atoms with E-state index in [4.69, 9.17) is 9.31 Å². The van der Waals surface area contributed by atoms with Gasteiger partial charge in [0.25, 0.3) is 0 Å². The standard InChI is InChI=1S/C22H6BF11O2/c24-8-3-5-11(7-1-2-9(25)15(27)13(7)8)35-23(36-12-6-4-10(26)16(28)17(12)29)14-18(30)20(32)22(34)21(33)19(14)31/h1-6H. The maximum atomic E-state index is 14.5. The third-order valence-corrected chi connectivity index (χ3v) is 4.93.